The van der Waals surface area contributed by atoms with Crippen LogP contribution in [-0.2, 0) is 11.2 Å². The van der Waals surface area contributed by atoms with Crippen LogP contribution in [-0.4, -0.2) is 29.2 Å². The number of carbonyl (C=O) groups excluding carboxylic acids is 1. The Kier molecular flexibility index (Phi) is 6.24. The van der Waals surface area contributed by atoms with Crippen LogP contribution >= 0.6 is 11.6 Å². The summed E-state index contributed by atoms with van der Waals surface area (Å²) in [5, 5.41) is 19.0. The van der Waals surface area contributed by atoms with Gasteiger partial charge in [-0.15, -0.1) is 0 Å². The number of methoxy groups -OCH3 is 1. The van der Waals surface area contributed by atoms with Crippen LogP contribution in [0.1, 0.15) is 35.7 Å². The minimum atomic E-state index is -0.882. The van der Waals surface area contributed by atoms with Crippen LogP contribution in [0.4, 0.5) is 0 Å². The molecule has 0 fully saturated rings. The van der Waals surface area contributed by atoms with Gasteiger partial charge in [0.15, 0.2) is 0 Å². The fraction of sp³-hybridized carbons (Fsp3) is 0.333. The number of halogens is 1. The van der Waals surface area contributed by atoms with E-state index in [-0.39, 0.29) is 34.9 Å². The third-order valence-electron chi connectivity index (χ3n) is 3.16. The Morgan fingerprint density at radius 2 is 2.05 bits per heavy atom. The molecule has 0 atom stereocenters. The number of nitrogens with two attached hydrogens (primary N) is 1. The van der Waals surface area contributed by atoms with Crippen molar-refractivity contribution in [2.24, 2.45) is 5.73 Å². The first-order valence-electron chi connectivity index (χ1n) is 6.53. The lowest BCUT2D eigenvalue weighted by Gasteiger charge is -2.14. The van der Waals surface area contributed by atoms with E-state index in [1.807, 2.05) is 0 Å². The average Bonchev–Trinajstić information content (AvgIpc) is 2.44. The third kappa shape index (κ3) is 4.39. The predicted octanol–water partition coefficient (Wildman–Crippen LogP) is 2.51. The highest BCUT2D eigenvalue weighted by Crippen LogP contribution is 2.38. The van der Waals surface area contributed by atoms with Crippen molar-refractivity contribution in [2.45, 2.75) is 26.2 Å². The van der Waals surface area contributed by atoms with Crippen molar-refractivity contribution in [3.63, 3.8) is 0 Å². The summed E-state index contributed by atoms with van der Waals surface area (Å²) in [6, 6.07) is 1.25. The Morgan fingerprint density at radius 1 is 1.41 bits per heavy atom. The van der Waals surface area contributed by atoms with Crippen molar-refractivity contribution in [2.75, 3.05) is 7.11 Å². The van der Waals surface area contributed by atoms with Crippen LogP contribution in [0.5, 0.6) is 11.5 Å². The Labute approximate surface area is 133 Å². The summed E-state index contributed by atoms with van der Waals surface area (Å²) in [5.41, 5.74) is 6.29. The average molecular weight is 328 g/mol. The lowest BCUT2D eigenvalue weighted by atomic mass is 10.0. The molecule has 0 aliphatic rings. The largest absolute Gasteiger partial charge is 0.507 e. The highest BCUT2D eigenvalue weighted by Gasteiger charge is 2.19. The van der Waals surface area contributed by atoms with E-state index in [4.69, 9.17) is 27.2 Å². The molecular weight excluding hydrogens is 310 g/mol. The van der Waals surface area contributed by atoms with Gasteiger partial charge in [-0.05, 0) is 25.8 Å². The summed E-state index contributed by atoms with van der Waals surface area (Å²) < 4.78 is 5.15. The van der Waals surface area contributed by atoms with Gasteiger partial charge in [-0.1, -0.05) is 23.3 Å². The van der Waals surface area contributed by atoms with E-state index in [0.29, 0.717) is 12.0 Å². The number of hydrogen-bond donors (Lipinski definition) is 3. The predicted molar refractivity (Wildman–Crippen MR) is 82.5 cm³/mol. The van der Waals surface area contributed by atoms with Crippen LogP contribution in [0.25, 0.3) is 0 Å². The molecule has 1 aromatic carbocycles. The number of allylic oxidation sites excluding steroid dienone is 2. The lowest BCUT2D eigenvalue weighted by molar-refractivity contribution is -0.136. The van der Waals surface area contributed by atoms with E-state index >= 15 is 0 Å². The molecule has 1 amide bonds. The second kappa shape index (κ2) is 7.70. The zero-order valence-electron chi connectivity index (χ0n) is 12.4. The summed E-state index contributed by atoms with van der Waals surface area (Å²) >= 11 is 6.03. The van der Waals surface area contributed by atoms with Gasteiger partial charge in [0.05, 0.1) is 17.7 Å². The summed E-state index contributed by atoms with van der Waals surface area (Å²) in [4.78, 5) is 21.9. The molecule has 0 bridgehead atoms. The van der Waals surface area contributed by atoms with Crippen LogP contribution < -0.4 is 10.5 Å². The van der Waals surface area contributed by atoms with E-state index < -0.39 is 11.9 Å². The number of rotatable bonds is 7. The third-order valence-corrected chi connectivity index (χ3v) is 3.44. The molecule has 0 saturated carbocycles. The molecule has 22 heavy (non-hydrogen) atoms. The number of hydrogen-bond acceptors (Lipinski definition) is 4. The SMILES string of the molecule is COc1c(Cl)cc(C(N)=O)c(O)c1C/C=C(\C)CCC(=O)O. The molecule has 0 saturated heterocycles. The van der Waals surface area contributed by atoms with E-state index in [1.54, 1.807) is 13.0 Å². The molecule has 0 spiro atoms. The highest BCUT2D eigenvalue weighted by molar-refractivity contribution is 6.32. The number of primary amides is 1. The molecular formula is C15H18ClNO5. The molecule has 0 aromatic heterocycles. The second-order valence-corrected chi connectivity index (χ2v) is 5.19. The van der Waals surface area contributed by atoms with Gasteiger partial charge in [-0.3, -0.25) is 9.59 Å². The number of carbonyl (C=O) groups is 2. The Balaban J connectivity index is 3.14. The molecule has 120 valence electrons. The van der Waals surface area contributed by atoms with Gasteiger partial charge in [0.25, 0.3) is 5.91 Å². The molecule has 1 rings (SSSR count). The van der Waals surface area contributed by atoms with Gasteiger partial charge in [0.1, 0.15) is 11.5 Å². The minimum Gasteiger partial charge on any atom is -0.507 e. The molecule has 0 unspecified atom stereocenters. The molecule has 6 nitrogen and oxygen atoms in total. The van der Waals surface area contributed by atoms with Crippen LogP contribution in [0.15, 0.2) is 17.7 Å². The van der Waals surface area contributed by atoms with Crippen LogP contribution in [0.2, 0.25) is 5.02 Å². The van der Waals surface area contributed by atoms with Crippen molar-refractivity contribution in [3.05, 3.63) is 33.9 Å². The molecule has 4 N–H and O–H groups in total. The van der Waals surface area contributed by atoms with Crippen LogP contribution in [0.3, 0.4) is 0 Å². The number of carboxylic acid groups (broad SMARTS) is 1. The van der Waals surface area contributed by atoms with Gasteiger partial charge in [0, 0.05) is 12.0 Å². The van der Waals surface area contributed by atoms with Crippen molar-refractivity contribution in [1.29, 1.82) is 0 Å². The maximum absolute atomic E-state index is 11.3. The maximum atomic E-state index is 11.3. The van der Waals surface area contributed by atoms with Crippen molar-refractivity contribution in [1.82, 2.24) is 0 Å². The fourth-order valence-corrected chi connectivity index (χ4v) is 2.26. The van der Waals surface area contributed by atoms with E-state index in [1.165, 1.54) is 13.2 Å². The maximum Gasteiger partial charge on any atom is 0.303 e. The number of aromatic hydroxyl groups is 1. The zero-order chi connectivity index (χ0) is 16.9. The smallest absolute Gasteiger partial charge is 0.303 e. The molecule has 0 aliphatic heterocycles. The van der Waals surface area contributed by atoms with E-state index in [9.17, 15) is 14.7 Å². The number of phenols is 1. The van der Waals surface area contributed by atoms with Crippen molar-refractivity contribution >= 4 is 23.5 Å². The summed E-state index contributed by atoms with van der Waals surface area (Å²) in [5.74, 6) is -1.70. The lowest BCUT2D eigenvalue weighted by Crippen LogP contribution is -2.12. The summed E-state index contributed by atoms with van der Waals surface area (Å²) in [7, 11) is 1.40. The fourth-order valence-electron chi connectivity index (χ4n) is 1.96. The highest BCUT2D eigenvalue weighted by atomic mass is 35.5. The van der Waals surface area contributed by atoms with Gasteiger partial charge in [0.2, 0.25) is 0 Å². The summed E-state index contributed by atoms with van der Waals surface area (Å²) in [6.07, 6.45) is 2.40. The monoisotopic (exact) mass is 327 g/mol. The Morgan fingerprint density at radius 3 is 2.55 bits per heavy atom. The Hall–Kier alpha value is -2.21. The van der Waals surface area contributed by atoms with Gasteiger partial charge in [-0.2, -0.15) is 0 Å². The molecule has 7 heteroatoms. The first-order chi connectivity index (χ1) is 10.3. The van der Waals surface area contributed by atoms with Gasteiger partial charge < -0.3 is 20.7 Å². The van der Waals surface area contributed by atoms with Gasteiger partial charge >= 0.3 is 5.97 Å². The normalized spacial score (nSPS) is 11.3. The number of aliphatic carboxylic acids is 1. The van der Waals surface area contributed by atoms with Crippen molar-refractivity contribution in [3.8, 4) is 11.5 Å². The van der Waals surface area contributed by atoms with E-state index in [2.05, 4.69) is 0 Å². The standard InChI is InChI=1S/C15H18ClNO5/c1-8(4-6-12(18)19)3-5-9-13(20)10(15(17)21)7-11(16)14(9)22-2/h3,7,20H,4-6H2,1-2H3,(H2,17,21)(H,18,19)/b8-3+. The second-order valence-electron chi connectivity index (χ2n) is 4.78. The number of benzene rings is 1. The topological polar surface area (TPSA) is 110 Å². The van der Waals surface area contributed by atoms with E-state index in [0.717, 1.165) is 5.57 Å². The first kappa shape index (κ1) is 17.8. The number of ether oxygens (including phenoxy) is 1. The minimum absolute atomic E-state index is 0.0214. The molecule has 0 aliphatic carbocycles. The number of carboxylic acids is 1. The Bertz CT molecular complexity index is 625. The molecule has 1 aromatic rings. The zero-order valence-corrected chi connectivity index (χ0v) is 13.1. The van der Waals surface area contributed by atoms with Crippen LogP contribution in [0, 0.1) is 0 Å². The number of amides is 1. The first-order valence-corrected chi connectivity index (χ1v) is 6.91. The summed E-state index contributed by atoms with van der Waals surface area (Å²) in [6.45, 7) is 1.78. The quantitative estimate of drug-likeness (QED) is 0.666. The molecule has 0 heterocycles. The molecule has 0 radical (unpaired) electrons. The van der Waals surface area contributed by atoms with Gasteiger partial charge in [-0.25, -0.2) is 0 Å². The van der Waals surface area contributed by atoms with Crippen molar-refractivity contribution < 1.29 is 24.5 Å².